The fourth-order valence-corrected chi connectivity index (χ4v) is 3.64. The number of carboxylic acid groups (broad SMARTS) is 1. The molecule has 0 atom stereocenters. The van der Waals surface area contributed by atoms with Crippen molar-refractivity contribution in [2.75, 3.05) is 0 Å². The molecule has 0 saturated heterocycles. The van der Waals surface area contributed by atoms with Gasteiger partial charge in [0.15, 0.2) is 0 Å². The fourth-order valence-electron chi connectivity index (χ4n) is 2.63. The molecule has 0 unspecified atom stereocenters. The molecule has 0 radical (unpaired) electrons. The molecule has 1 heterocycles. The van der Waals surface area contributed by atoms with Gasteiger partial charge in [0.2, 0.25) is 0 Å². The first-order valence-corrected chi connectivity index (χ1v) is 9.44. The van der Waals surface area contributed by atoms with Crippen LogP contribution in [0.25, 0.3) is 10.4 Å². The number of phenols is 1. The highest BCUT2D eigenvalue weighted by molar-refractivity contribution is 7.14. The average Bonchev–Trinajstić information content (AvgIpc) is 3.07. The lowest BCUT2D eigenvalue weighted by molar-refractivity contribution is 0.0695. The van der Waals surface area contributed by atoms with Crippen LogP contribution in [-0.2, 0) is 0 Å². The van der Waals surface area contributed by atoms with Crippen molar-refractivity contribution in [3.8, 4) is 21.9 Å². The van der Waals surface area contributed by atoms with E-state index in [4.69, 9.17) is 5.11 Å². The lowest BCUT2D eigenvalue weighted by Crippen LogP contribution is -2.19. The number of hydrogen-bond donors (Lipinski definition) is 4. The molecule has 1 aromatic heterocycles. The van der Waals surface area contributed by atoms with Gasteiger partial charge in [-0.15, -0.1) is 11.3 Å². The summed E-state index contributed by atoms with van der Waals surface area (Å²) in [7, 11) is 0. The fraction of sp³-hybridized carbons (Fsp3) is 0.0952. The topological polar surface area (TPSA) is 119 Å². The van der Waals surface area contributed by atoms with Gasteiger partial charge in [-0.05, 0) is 37.6 Å². The summed E-state index contributed by atoms with van der Waals surface area (Å²) in [5.74, 6) is -2.30. The summed E-state index contributed by atoms with van der Waals surface area (Å²) in [4.78, 5) is 23.8. The van der Waals surface area contributed by atoms with Crippen molar-refractivity contribution in [2.24, 2.45) is 5.10 Å². The molecule has 1 amide bonds. The highest BCUT2D eigenvalue weighted by Gasteiger charge is 2.16. The van der Waals surface area contributed by atoms with Crippen molar-refractivity contribution in [1.82, 2.24) is 5.43 Å². The third-order valence-electron chi connectivity index (χ3n) is 4.28. The Hall–Kier alpha value is -3.65. The predicted molar refractivity (Wildman–Crippen MR) is 111 cm³/mol. The standard InChI is InChI=1S/C21H18N2O5S/c1-11-3-5-13(6-4-11)19-18(25)16(10-29-19)12(2)22-23-20(26)15-8-7-14(21(27)28)9-17(15)24/h3-10,24-25H,1-2H3,(H,23,26)(H,27,28)/b22-12+. The molecule has 0 spiro atoms. The van der Waals surface area contributed by atoms with E-state index in [-0.39, 0.29) is 16.9 Å². The van der Waals surface area contributed by atoms with Crippen LogP contribution in [0, 0.1) is 6.92 Å². The first-order chi connectivity index (χ1) is 13.8. The number of carboxylic acids is 1. The largest absolute Gasteiger partial charge is 0.507 e. The maximum Gasteiger partial charge on any atom is 0.335 e. The number of nitrogens with one attached hydrogen (secondary N) is 1. The van der Waals surface area contributed by atoms with Crippen LogP contribution in [0.2, 0.25) is 0 Å². The molecule has 0 fully saturated rings. The molecule has 7 nitrogen and oxygen atoms in total. The van der Waals surface area contributed by atoms with Gasteiger partial charge in [-0.2, -0.15) is 5.10 Å². The van der Waals surface area contributed by atoms with Gasteiger partial charge in [0.25, 0.3) is 5.91 Å². The average molecular weight is 410 g/mol. The van der Waals surface area contributed by atoms with Crippen molar-refractivity contribution in [1.29, 1.82) is 0 Å². The number of benzene rings is 2. The number of thiophene rings is 1. The van der Waals surface area contributed by atoms with Crippen LogP contribution in [0.5, 0.6) is 11.5 Å². The van der Waals surface area contributed by atoms with Gasteiger partial charge in [-0.3, -0.25) is 4.79 Å². The Kier molecular flexibility index (Phi) is 5.65. The SMILES string of the molecule is C/C(=N\NC(=O)c1ccc(C(=O)O)cc1O)c1csc(-c2ccc(C)cc2)c1O. The minimum Gasteiger partial charge on any atom is -0.507 e. The minimum absolute atomic E-state index is 0.0722. The Balaban J connectivity index is 1.79. The summed E-state index contributed by atoms with van der Waals surface area (Å²) >= 11 is 1.36. The molecule has 29 heavy (non-hydrogen) atoms. The number of phenolic OH excluding ortho intramolecular Hbond substituents is 1. The molecule has 4 N–H and O–H groups in total. The Labute approximate surface area is 170 Å². The van der Waals surface area contributed by atoms with E-state index in [2.05, 4.69) is 10.5 Å². The van der Waals surface area contributed by atoms with E-state index in [1.165, 1.54) is 23.5 Å². The molecule has 0 aliphatic carbocycles. The van der Waals surface area contributed by atoms with Crippen LogP contribution in [-0.4, -0.2) is 32.9 Å². The minimum atomic E-state index is -1.21. The molecule has 0 bridgehead atoms. The van der Waals surface area contributed by atoms with Crippen LogP contribution in [0.4, 0.5) is 0 Å². The number of nitrogens with zero attached hydrogens (tertiary/aromatic N) is 1. The second kappa shape index (κ2) is 8.15. The molecule has 3 aromatic rings. The number of rotatable bonds is 5. The number of hydrogen-bond acceptors (Lipinski definition) is 6. The van der Waals surface area contributed by atoms with E-state index in [1.807, 2.05) is 31.2 Å². The number of aromatic carboxylic acids is 1. The van der Waals surface area contributed by atoms with E-state index in [0.717, 1.165) is 17.2 Å². The Morgan fingerprint density at radius 2 is 1.72 bits per heavy atom. The van der Waals surface area contributed by atoms with Gasteiger partial charge in [0.1, 0.15) is 11.5 Å². The van der Waals surface area contributed by atoms with Gasteiger partial charge in [-0.25, -0.2) is 10.2 Å². The third kappa shape index (κ3) is 4.27. The van der Waals surface area contributed by atoms with Crippen molar-refractivity contribution in [3.05, 3.63) is 70.1 Å². The van der Waals surface area contributed by atoms with Crippen molar-refractivity contribution in [3.63, 3.8) is 0 Å². The molecular weight excluding hydrogens is 392 g/mol. The monoisotopic (exact) mass is 410 g/mol. The van der Waals surface area contributed by atoms with Crippen molar-refractivity contribution >= 4 is 28.9 Å². The maximum atomic E-state index is 12.2. The molecule has 0 saturated carbocycles. The Morgan fingerprint density at radius 1 is 1.03 bits per heavy atom. The normalized spacial score (nSPS) is 11.3. The summed E-state index contributed by atoms with van der Waals surface area (Å²) in [5.41, 5.74) is 4.92. The lowest BCUT2D eigenvalue weighted by Gasteiger charge is -2.06. The van der Waals surface area contributed by atoms with Gasteiger partial charge in [-0.1, -0.05) is 29.8 Å². The predicted octanol–water partition coefficient (Wildman–Crippen LogP) is 3.99. The molecule has 3 rings (SSSR count). The van der Waals surface area contributed by atoms with E-state index >= 15 is 0 Å². The van der Waals surface area contributed by atoms with E-state index < -0.39 is 17.6 Å². The van der Waals surface area contributed by atoms with Crippen LogP contribution in [0.3, 0.4) is 0 Å². The highest BCUT2D eigenvalue weighted by atomic mass is 32.1. The Morgan fingerprint density at radius 3 is 2.34 bits per heavy atom. The summed E-state index contributed by atoms with van der Waals surface area (Å²) in [6.07, 6.45) is 0. The quantitative estimate of drug-likeness (QED) is 0.375. The van der Waals surface area contributed by atoms with Crippen LogP contribution >= 0.6 is 11.3 Å². The maximum absolute atomic E-state index is 12.2. The van der Waals surface area contributed by atoms with Crippen LogP contribution in [0.1, 0.15) is 38.8 Å². The van der Waals surface area contributed by atoms with Crippen molar-refractivity contribution in [2.45, 2.75) is 13.8 Å². The molecular formula is C21H18N2O5S. The Bertz CT molecular complexity index is 1120. The molecule has 2 aromatic carbocycles. The summed E-state index contributed by atoms with van der Waals surface area (Å²) in [6.45, 7) is 3.62. The van der Waals surface area contributed by atoms with Crippen LogP contribution in [0.15, 0.2) is 52.9 Å². The first kappa shape index (κ1) is 20.1. The molecule has 0 aliphatic heterocycles. The summed E-state index contributed by atoms with van der Waals surface area (Å²) in [6, 6.07) is 11.2. The summed E-state index contributed by atoms with van der Waals surface area (Å²) < 4.78 is 0. The number of aromatic hydroxyl groups is 2. The second-order valence-corrected chi connectivity index (χ2v) is 7.25. The van der Waals surface area contributed by atoms with Gasteiger partial charge >= 0.3 is 5.97 Å². The van der Waals surface area contributed by atoms with E-state index in [0.29, 0.717) is 16.2 Å². The van der Waals surface area contributed by atoms with Gasteiger partial charge in [0, 0.05) is 5.38 Å². The van der Waals surface area contributed by atoms with E-state index in [9.17, 15) is 19.8 Å². The van der Waals surface area contributed by atoms with Crippen LogP contribution < -0.4 is 5.43 Å². The zero-order valence-electron chi connectivity index (χ0n) is 15.6. The zero-order valence-corrected chi connectivity index (χ0v) is 16.4. The lowest BCUT2D eigenvalue weighted by atomic mass is 10.1. The number of amides is 1. The van der Waals surface area contributed by atoms with Gasteiger partial charge < -0.3 is 15.3 Å². The smallest absolute Gasteiger partial charge is 0.335 e. The zero-order chi connectivity index (χ0) is 21.1. The number of carbonyl (C=O) groups excluding carboxylic acids is 1. The number of carbonyl (C=O) groups is 2. The van der Waals surface area contributed by atoms with E-state index in [1.54, 1.807) is 12.3 Å². The first-order valence-electron chi connectivity index (χ1n) is 8.56. The molecule has 0 aliphatic rings. The molecule has 8 heteroatoms. The molecule has 148 valence electrons. The van der Waals surface area contributed by atoms with Crippen molar-refractivity contribution < 1.29 is 24.9 Å². The summed E-state index contributed by atoms with van der Waals surface area (Å²) in [5, 5.41) is 35.1. The highest BCUT2D eigenvalue weighted by Crippen LogP contribution is 2.38. The van der Waals surface area contributed by atoms with Gasteiger partial charge in [0.05, 0.1) is 27.3 Å². The number of aryl methyl sites for hydroxylation is 1. The second-order valence-electron chi connectivity index (χ2n) is 6.37. The third-order valence-corrected chi connectivity index (χ3v) is 5.30. The number of hydrazone groups is 1.